The molecule has 1 aromatic carbocycles. The average molecular weight is 274 g/mol. The molecule has 5 nitrogen and oxygen atoms in total. The maximum Gasteiger partial charge on any atom is 0.326 e. The minimum absolute atomic E-state index is 0.168. The first-order chi connectivity index (χ1) is 9.43. The SMILES string of the molecule is CC(C)CC(NC(=O)c1cccc(CC#N)c1)C(=O)O. The van der Waals surface area contributed by atoms with E-state index in [1.807, 2.05) is 19.9 Å². The summed E-state index contributed by atoms with van der Waals surface area (Å²) in [5.74, 6) is -1.31. The number of carboxylic acids is 1. The van der Waals surface area contributed by atoms with E-state index in [4.69, 9.17) is 10.4 Å². The molecule has 0 saturated carbocycles. The van der Waals surface area contributed by atoms with Gasteiger partial charge in [-0.2, -0.15) is 5.26 Å². The summed E-state index contributed by atoms with van der Waals surface area (Å²) in [6.45, 7) is 3.80. The first-order valence-electron chi connectivity index (χ1n) is 6.43. The molecule has 0 fully saturated rings. The second kappa shape index (κ2) is 7.29. The van der Waals surface area contributed by atoms with E-state index in [1.54, 1.807) is 24.3 Å². The molecule has 106 valence electrons. The number of aliphatic carboxylic acids is 1. The number of nitrogens with zero attached hydrogens (tertiary/aromatic N) is 1. The number of carboxylic acid groups (broad SMARTS) is 1. The zero-order valence-electron chi connectivity index (χ0n) is 11.6. The maximum atomic E-state index is 12.0. The predicted molar refractivity (Wildman–Crippen MR) is 74.1 cm³/mol. The number of hydrogen-bond acceptors (Lipinski definition) is 3. The summed E-state index contributed by atoms with van der Waals surface area (Å²) in [4.78, 5) is 23.2. The zero-order chi connectivity index (χ0) is 15.1. The lowest BCUT2D eigenvalue weighted by atomic mass is 10.0. The van der Waals surface area contributed by atoms with Crippen molar-refractivity contribution in [3.63, 3.8) is 0 Å². The zero-order valence-corrected chi connectivity index (χ0v) is 11.6. The molecule has 0 saturated heterocycles. The van der Waals surface area contributed by atoms with Crippen molar-refractivity contribution in [2.24, 2.45) is 5.92 Å². The second-order valence-corrected chi connectivity index (χ2v) is 5.03. The molecule has 0 aromatic heterocycles. The summed E-state index contributed by atoms with van der Waals surface area (Å²) in [6.07, 6.45) is 0.592. The van der Waals surface area contributed by atoms with E-state index in [9.17, 15) is 9.59 Å². The molecule has 5 heteroatoms. The molecule has 20 heavy (non-hydrogen) atoms. The van der Waals surface area contributed by atoms with Gasteiger partial charge in [0.25, 0.3) is 5.91 Å². The van der Waals surface area contributed by atoms with Crippen LogP contribution in [0.3, 0.4) is 0 Å². The fraction of sp³-hybridized carbons (Fsp3) is 0.400. The second-order valence-electron chi connectivity index (χ2n) is 5.03. The van der Waals surface area contributed by atoms with Crippen LogP contribution in [0.15, 0.2) is 24.3 Å². The van der Waals surface area contributed by atoms with Crippen molar-refractivity contribution in [1.29, 1.82) is 5.26 Å². The standard InChI is InChI=1S/C15H18N2O3/c1-10(2)8-13(15(19)20)17-14(18)12-5-3-4-11(9-12)6-7-16/h3-5,9-10,13H,6,8H2,1-2H3,(H,17,18)(H,19,20). The number of benzene rings is 1. The molecule has 0 spiro atoms. The van der Waals surface area contributed by atoms with Crippen molar-refractivity contribution in [2.75, 3.05) is 0 Å². The van der Waals surface area contributed by atoms with Crippen LogP contribution in [0.1, 0.15) is 36.2 Å². The minimum Gasteiger partial charge on any atom is -0.480 e. The van der Waals surface area contributed by atoms with Crippen LogP contribution >= 0.6 is 0 Å². The van der Waals surface area contributed by atoms with Gasteiger partial charge >= 0.3 is 5.97 Å². The third-order valence-electron chi connectivity index (χ3n) is 2.78. The first kappa shape index (κ1) is 15.7. The van der Waals surface area contributed by atoms with Crippen LogP contribution in [0.25, 0.3) is 0 Å². The van der Waals surface area contributed by atoms with E-state index < -0.39 is 17.9 Å². The molecule has 0 aliphatic heterocycles. The third-order valence-corrected chi connectivity index (χ3v) is 2.78. The molecule has 0 heterocycles. The summed E-state index contributed by atoms with van der Waals surface area (Å²) in [5.41, 5.74) is 1.10. The van der Waals surface area contributed by atoms with E-state index in [2.05, 4.69) is 5.32 Å². The van der Waals surface area contributed by atoms with Crippen molar-refractivity contribution >= 4 is 11.9 Å². The van der Waals surface area contributed by atoms with Gasteiger partial charge in [0.15, 0.2) is 0 Å². The Morgan fingerprint density at radius 3 is 2.65 bits per heavy atom. The quantitative estimate of drug-likeness (QED) is 0.830. The highest BCUT2D eigenvalue weighted by Gasteiger charge is 2.21. The molecule has 0 radical (unpaired) electrons. The number of nitrogens with one attached hydrogen (secondary N) is 1. The van der Waals surface area contributed by atoms with Crippen molar-refractivity contribution in [1.82, 2.24) is 5.32 Å². The fourth-order valence-electron chi connectivity index (χ4n) is 1.85. The topological polar surface area (TPSA) is 90.2 Å². The average Bonchev–Trinajstić information content (AvgIpc) is 2.38. The molecule has 1 aromatic rings. The van der Waals surface area contributed by atoms with Crippen LogP contribution in [-0.4, -0.2) is 23.0 Å². The van der Waals surface area contributed by atoms with Gasteiger partial charge in [0, 0.05) is 5.56 Å². The van der Waals surface area contributed by atoms with E-state index >= 15 is 0 Å². The van der Waals surface area contributed by atoms with Gasteiger partial charge in [-0.3, -0.25) is 4.79 Å². The Hall–Kier alpha value is -2.35. The largest absolute Gasteiger partial charge is 0.480 e. The third kappa shape index (κ3) is 4.73. The molecule has 1 unspecified atom stereocenters. The molecule has 1 atom stereocenters. The van der Waals surface area contributed by atoms with Gasteiger partial charge in [-0.1, -0.05) is 26.0 Å². The van der Waals surface area contributed by atoms with Crippen LogP contribution in [0, 0.1) is 17.2 Å². The van der Waals surface area contributed by atoms with E-state index in [1.165, 1.54) is 0 Å². The molecule has 0 aliphatic carbocycles. The van der Waals surface area contributed by atoms with Gasteiger partial charge in [0.05, 0.1) is 12.5 Å². The first-order valence-corrected chi connectivity index (χ1v) is 6.43. The monoisotopic (exact) mass is 274 g/mol. The molecule has 0 aliphatic rings. The summed E-state index contributed by atoms with van der Waals surface area (Å²) >= 11 is 0. The van der Waals surface area contributed by atoms with Gasteiger partial charge in [0.2, 0.25) is 0 Å². The summed E-state index contributed by atoms with van der Waals surface area (Å²) in [7, 11) is 0. The summed E-state index contributed by atoms with van der Waals surface area (Å²) in [6, 6.07) is 7.75. The Bertz CT molecular complexity index is 532. The minimum atomic E-state index is -1.04. The summed E-state index contributed by atoms with van der Waals surface area (Å²) < 4.78 is 0. The lowest BCUT2D eigenvalue weighted by Crippen LogP contribution is -2.41. The Morgan fingerprint density at radius 1 is 1.40 bits per heavy atom. The van der Waals surface area contributed by atoms with Gasteiger partial charge in [0.1, 0.15) is 6.04 Å². The number of carbonyl (C=O) groups excluding carboxylic acids is 1. The lowest BCUT2D eigenvalue weighted by molar-refractivity contribution is -0.139. The highest BCUT2D eigenvalue weighted by Crippen LogP contribution is 2.09. The number of carbonyl (C=O) groups is 2. The van der Waals surface area contributed by atoms with Crippen molar-refractivity contribution in [3.8, 4) is 6.07 Å². The Balaban J connectivity index is 2.81. The number of rotatable bonds is 6. The maximum absolute atomic E-state index is 12.0. The number of hydrogen-bond donors (Lipinski definition) is 2. The number of nitriles is 1. The normalized spacial score (nSPS) is 11.7. The van der Waals surface area contributed by atoms with Crippen molar-refractivity contribution < 1.29 is 14.7 Å². The Labute approximate surface area is 118 Å². The molecule has 0 bridgehead atoms. The molecule has 1 amide bonds. The summed E-state index contributed by atoms with van der Waals surface area (Å²) in [5, 5.41) is 20.2. The van der Waals surface area contributed by atoms with Gasteiger partial charge in [-0.15, -0.1) is 0 Å². The molecular formula is C15H18N2O3. The van der Waals surface area contributed by atoms with Crippen molar-refractivity contribution in [2.45, 2.75) is 32.7 Å². The highest BCUT2D eigenvalue weighted by atomic mass is 16.4. The van der Waals surface area contributed by atoms with Crippen LogP contribution in [0.2, 0.25) is 0 Å². The van der Waals surface area contributed by atoms with Gasteiger partial charge in [-0.05, 0) is 30.0 Å². The predicted octanol–water partition coefficient (Wildman–Crippen LogP) is 1.98. The molecule has 2 N–H and O–H groups in total. The van der Waals surface area contributed by atoms with Gasteiger partial charge < -0.3 is 10.4 Å². The van der Waals surface area contributed by atoms with Crippen LogP contribution < -0.4 is 5.32 Å². The fourth-order valence-corrected chi connectivity index (χ4v) is 1.85. The van der Waals surface area contributed by atoms with E-state index in [0.717, 1.165) is 5.56 Å². The van der Waals surface area contributed by atoms with Gasteiger partial charge in [-0.25, -0.2) is 4.79 Å². The van der Waals surface area contributed by atoms with E-state index in [-0.39, 0.29) is 12.3 Å². The smallest absolute Gasteiger partial charge is 0.326 e. The Morgan fingerprint density at radius 2 is 2.10 bits per heavy atom. The highest BCUT2D eigenvalue weighted by molar-refractivity contribution is 5.96. The van der Waals surface area contributed by atoms with Crippen LogP contribution in [-0.2, 0) is 11.2 Å². The molecule has 1 rings (SSSR count). The van der Waals surface area contributed by atoms with E-state index in [0.29, 0.717) is 12.0 Å². The molecular weight excluding hydrogens is 256 g/mol. The number of amides is 1. The lowest BCUT2D eigenvalue weighted by Gasteiger charge is -2.16. The van der Waals surface area contributed by atoms with Crippen LogP contribution in [0.4, 0.5) is 0 Å². The van der Waals surface area contributed by atoms with Crippen molar-refractivity contribution in [3.05, 3.63) is 35.4 Å². The Kier molecular flexibility index (Phi) is 5.73. The van der Waals surface area contributed by atoms with Crippen LogP contribution in [0.5, 0.6) is 0 Å².